The summed E-state index contributed by atoms with van der Waals surface area (Å²) in [4.78, 5) is 16.9. The second kappa shape index (κ2) is 9.58. The molecule has 1 atom stereocenters. The molecule has 0 spiro atoms. The average molecular weight is 501 g/mol. The van der Waals surface area contributed by atoms with Crippen LogP contribution in [0.5, 0.6) is 0 Å². The molecule has 1 aromatic heterocycles. The number of imidazole rings is 1. The standard InChI is InChI=1S/C33H32N4O/c1-22-11-18-30-29(17-16-28(22)24-9-5-10-25(21-24)31(34)38)36-32(23-7-3-2-4-8-23)37(30)27-14-12-26(13-15-27)33(35)19-6-20-33/h2-5,7-10,12-18,21-22H,6,11,19-20,35H2,1H3,(H2,34,38). The summed E-state index contributed by atoms with van der Waals surface area (Å²) < 4.78 is 2.26. The molecule has 1 heterocycles. The first-order valence-corrected chi connectivity index (χ1v) is 13.3. The molecule has 1 fully saturated rings. The van der Waals surface area contributed by atoms with Crippen LogP contribution in [0.2, 0.25) is 0 Å². The Kier molecular flexibility index (Phi) is 6.09. The Hall–Kier alpha value is -4.22. The summed E-state index contributed by atoms with van der Waals surface area (Å²) in [6.07, 6.45) is 10.6. The number of fused-ring (bicyclic) bond motifs is 1. The van der Waals surface area contributed by atoms with Gasteiger partial charge in [0.15, 0.2) is 0 Å². The predicted octanol–water partition coefficient (Wildman–Crippen LogP) is 4.66. The Morgan fingerprint density at radius 1 is 0.947 bits per heavy atom. The molecular formula is C33H32N4O. The van der Waals surface area contributed by atoms with Gasteiger partial charge in [0.25, 0.3) is 0 Å². The lowest BCUT2D eigenvalue weighted by atomic mass is 9.73. The van der Waals surface area contributed by atoms with Gasteiger partial charge in [-0.15, -0.1) is 0 Å². The Morgan fingerprint density at radius 3 is 2.37 bits per heavy atom. The van der Waals surface area contributed by atoms with Gasteiger partial charge in [-0.2, -0.15) is 0 Å². The van der Waals surface area contributed by atoms with Crippen molar-refractivity contribution in [1.29, 1.82) is 0 Å². The molecule has 1 saturated carbocycles. The number of primary amides is 1. The summed E-state index contributed by atoms with van der Waals surface area (Å²) in [5, 5.41) is 1.99. The second-order valence-corrected chi connectivity index (χ2v) is 10.5. The quantitative estimate of drug-likeness (QED) is 0.418. The summed E-state index contributed by atoms with van der Waals surface area (Å²) in [5.74, 6) is 0.727. The van der Waals surface area contributed by atoms with Crippen LogP contribution in [-0.2, 0) is 5.54 Å². The van der Waals surface area contributed by atoms with Crippen LogP contribution in [0.25, 0.3) is 34.8 Å². The lowest BCUT2D eigenvalue weighted by Gasteiger charge is -2.38. The third-order valence-electron chi connectivity index (χ3n) is 8.02. The van der Waals surface area contributed by atoms with Crippen LogP contribution in [0.15, 0.2) is 84.9 Å². The fourth-order valence-electron chi connectivity index (χ4n) is 5.58. The number of nitrogens with two attached hydrogens (primary N) is 2. The van der Waals surface area contributed by atoms with Gasteiger partial charge in [-0.05, 0) is 78.6 Å². The SMILES string of the molecule is CC1CC=c2c(nc(-c3ccccc3)n2-c2ccc(C3(N)CCC3)cc2)=CC=C1c1cccc(C(N)=O)c1. The van der Waals surface area contributed by atoms with E-state index in [0.717, 1.165) is 58.2 Å². The van der Waals surface area contributed by atoms with Gasteiger partial charge in [-0.1, -0.05) is 73.7 Å². The summed E-state index contributed by atoms with van der Waals surface area (Å²) in [5.41, 5.74) is 18.0. The molecular weight excluding hydrogens is 468 g/mol. The number of amides is 1. The number of nitrogens with zero attached hydrogens (tertiary/aromatic N) is 2. The fourth-order valence-corrected chi connectivity index (χ4v) is 5.58. The molecule has 0 bridgehead atoms. The van der Waals surface area contributed by atoms with Crippen molar-refractivity contribution in [3.8, 4) is 17.1 Å². The van der Waals surface area contributed by atoms with Crippen molar-refractivity contribution in [3.63, 3.8) is 0 Å². The smallest absolute Gasteiger partial charge is 0.248 e. The number of hydrogen-bond donors (Lipinski definition) is 2. The first-order valence-electron chi connectivity index (χ1n) is 13.3. The summed E-state index contributed by atoms with van der Waals surface area (Å²) in [6.45, 7) is 2.21. The zero-order valence-electron chi connectivity index (χ0n) is 21.6. The van der Waals surface area contributed by atoms with E-state index in [1.807, 2.05) is 36.4 Å². The molecule has 1 amide bonds. The molecule has 0 radical (unpaired) electrons. The number of rotatable bonds is 5. The van der Waals surface area contributed by atoms with Gasteiger partial charge in [0.05, 0.1) is 10.7 Å². The van der Waals surface area contributed by atoms with E-state index < -0.39 is 5.91 Å². The molecule has 1 unspecified atom stereocenters. The zero-order chi connectivity index (χ0) is 26.3. The highest BCUT2D eigenvalue weighted by molar-refractivity contribution is 5.94. The Bertz CT molecular complexity index is 1660. The highest BCUT2D eigenvalue weighted by Crippen LogP contribution is 2.38. The van der Waals surface area contributed by atoms with Crippen LogP contribution in [0.4, 0.5) is 0 Å². The summed E-state index contributed by atoms with van der Waals surface area (Å²) in [7, 11) is 0. The van der Waals surface area contributed by atoms with Gasteiger partial charge in [0, 0.05) is 22.4 Å². The van der Waals surface area contributed by atoms with Gasteiger partial charge in [0.2, 0.25) is 5.91 Å². The molecule has 38 heavy (non-hydrogen) atoms. The van der Waals surface area contributed by atoms with Gasteiger partial charge in [-0.25, -0.2) is 4.98 Å². The van der Waals surface area contributed by atoms with Crippen LogP contribution in [0, 0.1) is 5.92 Å². The van der Waals surface area contributed by atoms with E-state index in [9.17, 15) is 4.79 Å². The van der Waals surface area contributed by atoms with Gasteiger partial charge >= 0.3 is 0 Å². The van der Waals surface area contributed by atoms with E-state index in [1.54, 1.807) is 6.07 Å². The zero-order valence-corrected chi connectivity index (χ0v) is 21.6. The van der Waals surface area contributed by atoms with E-state index in [-0.39, 0.29) is 11.5 Å². The Morgan fingerprint density at radius 2 is 1.68 bits per heavy atom. The average Bonchev–Trinajstić information content (AvgIpc) is 3.28. The molecule has 5 nitrogen and oxygen atoms in total. The summed E-state index contributed by atoms with van der Waals surface area (Å²) in [6, 6.07) is 26.6. The normalized spacial score (nSPS) is 18.1. The first-order chi connectivity index (χ1) is 18.4. The lowest BCUT2D eigenvalue weighted by molar-refractivity contribution is 0.1000. The van der Waals surface area contributed by atoms with E-state index in [2.05, 4.69) is 66.1 Å². The predicted molar refractivity (Wildman–Crippen MR) is 154 cm³/mol. The first kappa shape index (κ1) is 24.1. The van der Waals surface area contributed by atoms with Gasteiger partial charge in [-0.3, -0.25) is 9.36 Å². The molecule has 190 valence electrons. The van der Waals surface area contributed by atoms with Gasteiger partial charge < -0.3 is 11.5 Å². The maximum atomic E-state index is 11.8. The lowest BCUT2D eigenvalue weighted by Crippen LogP contribution is -2.43. The molecule has 4 aromatic rings. The topological polar surface area (TPSA) is 86.9 Å². The van der Waals surface area contributed by atoms with Crippen molar-refractivity contribution >= 4 is 23.6 Å². The number of allylic oxidation sites excluding steroid dienone is 2. The number of hydrogen-bond acceptors (Lipinski definition) is 3. The van der Waals surface area contributed by atoms with Crippen molar-refractivity contribution in [1.82, 2.24) is 9.55 Å². The minimum Gasteiger partial charge on any atom is -0.366 e. The Labute approximate surface area is 222 Å². The van der Waals surface area contributed by atoms with Crippen LogP contribution >= 0.6 is 0 Å². The molecule has 3 aromatic carbocycles. The van der Waals surface area contributed by atoms with E-state index in [0.29, 0.717) is 5.56 Å². The van der Waals surface area contributed by atoms with E-state index >= 15 is 0 Å². The molecule has 4 N–H and O–H groups in total. The molecule has 0 saturated heterocycles. The Balaban J connectivity index is 1.51. The van der Waals surface area contributed by atoms with Crippen LogP contribution < -0.4 is 22.2 Å². The van der Waals surface area contributed by atoms with Crippen molar-refractivity contribution in [2.24, 2.45) is 17.4 Å². The molecule has 2 aliphatic carbocycles. The number of carbonyl (C=O) groups excluding carboxylic acids is 1. The number of aromatic nitrogens is 2. The maximum Gasteiger partial charge on any atom is 0.248 e. The third kappa shape index (κ3) is 4.29. The monoisotopic (exact) mass is 500 g/mol. The molecule has 2 aliphatic rings. The van der Waals surface area contributed by atoms with Gasteiger partial charge in [0.1, 0.15) is 5.82 Å². The highest BCUT2D eigenvalue weighted by atomic mass is 16.1. The largest absolute Gasteiger partial charge is 0.366 e. The summed E-state index contributed by atoms with van der Waals surface area (Å²) >= 11 is 0. The highest BCUT2D eigenvalue weighted by Gasteiger charge is 2.34. The molecule has 0 aliphatic heterocycles. The van der Waals surface area contributed by atoms with Crippen LogP contribution in [0.1, 0.15) is 54.1 Å². The maximum absolute atomic E-state index is 11.8. The van der Waals surface area contributed by atoms with Crippen molar-refractivity contribution in [3.05, 3.63) is 112 Å². The van der Waals surface area contributed by atoms with E-state index in [4.69, 9.17) is 16.5 Å². The van der Waals surface area contributed by atoms with Crippen LogP contribution in [-0.4, -0.2) is 15.5 Å². The van der Waals surface area contributed by atoms with Crippen LogP contribution in [0.3, 0.4) is 0 Å². The minimum absolute atomic E-state index is 0.188. The second-order valence-electron chi connectivity index (χ2n) is 10.5. The number of benzene rings is 3. The minimum atomic E-state index is -0.418. The molecule has 5 heteroatoms. The molecule has 6 rings (SSSR count). The third-order valence-corrected chi connectivity index (χ3v) is 8.02. The van der Waals surface area contributed by atoms with Crippen molar-refractivity contribution in [2.45, 2.75) is 38.1 Å². The fraction of sp³-hybridized carbons (Fsp3) is 0.212. The van der Waals surface area contributed by atoms with E-state index in [1.165, 1.54) is 12.0 Å². The van der Waals surface area contributed by atoms with Crippen molar-refractivity contribution < 1.29 is 4.79 Å². The number of carbonyl (C=O) groups is 1. The van der Waals surface area contributed by atoms with Crippen molar-refractivity contribution in [2.75, 3.05) is 0 Å².